The van der Waals surface area contributed by atoms with E-state index in [1.54, 1.807) is 18.2 Å². The second-order valence-electron chi connectivity index (χ2n) is 6.57. The van der Waals surface area contributed by atoms with E-state index in [9.17, 15) is 14.0 Å². The molecule has 0 aliphatic rings. The SMILES string of the molecule is COc1cc2c(cc1NC(=O)COC(=O)COc1ccccc1F)oc1ccccc12. The van der Waals surface area contributed by atoms with Gasteiger partial charge in [0, 0.05) is 16.8 Å². The minimum Gasteiger partial charge on any atom is -0.495 e. The number of rotatable bonds is 7. The van der Waals surface area contributed by atoms with Crippen LogP contribution in [0.25, 0.3) is 21.9 Å². The highest BCUT2D eigenvalue weighted by Gasteiger charge is 2.15. The van der Waals surface area contributed by atoms with Gasteiger partial charge in [-0.1, -0.05) is 30.3 Å². The molecule has 1 aromatic heterocycles. The number of amides is 1. The number of nitrogens with one attached hydrogen (secondary N) is 1. The van der Waals surface area contributed by atoms with Gasteiger partial charge in [0.2, 0.25) is 0 Å². The predicted molar refractivity (Wildman–Crippen MR) is 112 cm³/mol. The topological polar surface area (TPSA) is 87.0 Å². The van der Waals surface area contributed by atoms with Crippen LogP contribution in [0.4, 0.5) is 10.1 Å². The van der Waals surface area contributed by atoms with E-state index in [4.69, 9.17) is 18.6 Å². The maximum Gasteiger partial charge on any atom is 0.344 e. The molecule has 7 nitrogen and oxygen atoms in total. The van der Waals surface area contributed by atoms with Gasteiger partial charge in [0.1, 0.15) is 16.9 Å². The van der Waals surface area contributed by atoms with Crippen molar-refractivity contribution in [3.63, 3.8) is 0 Å². The van der Waals surface area contributed by atoms with Crippen LogP contribution in [0.3, 0.4) is 0 Å². The predicted octanol–water partition coefficient (Wildman–Crippen LogP) is 4.29. The summed E-state index contributed by atoms with van der Waals surface area (Å²) in [5, 5.41) is 4.41. The van der Waals surface area contributed by atoms with E-state index in [0.29, 0.717) is 22.6 Å². The van der Waals surface area contributed by atoms with Gasteiger partial charge in [-0.2, -0.15) is 0 Å². The fourth-order valence-corrected chi connectivity index (χ4v) is 3.09. The molecule has 1 heterocycles. The van der Waals surface area contributed by atoms with Gasteiger partial charge in [-0.3, -0.25) is 4.79 Å². The standard InChI is InChI=1S/C23H18FNO6/c1-28-21-10-15-14-6-2-4-8-18(14)31-20(15)11-17(21)25-22(26)12-30-23(27)13-29-19-9-5-3-7-16(19)24/h2-11H,12-13H2,1H3,(H,25,26). The zero-order valence-electron chi connectivity index (χ0n) is 16.5. The lowest BCUT2D eigenvalue weighted by Gasteiger charge is -2.11. The highest BCUT2D eigenvalue weighted by Crippen LogP contribution is 2.36. The average molecular weight is 423 g/mol. The van der Waals surface area contributed by atoms with Crippen LogP contribution in [-0.2, 0) is 14.3 Å². The Balaban J connectivity index is 1.39. The lowest BCUT2D eigenvalue weighted by molar-refractivity contribution is -0.149. The first-order valence-electron chi connectivity index (χ1n) is 9.37. The van der Waals surface area contributed by atoms with E-state index >= 15 is 0 Å². The van der Waals surface area contributed by atoms with Crippen molar-refractivity contribution >= 4 is 39.5 Å². The molecule has 0 aliphatic carbocycles. The van der Waals surface area contributed by atoms with Crippen molar-refractivity contribution in [2.75, 3.05) is 25.6 Å². The third-order valence-corrected chi connectivity index (χ3v) is 4.52. The molecule has 0 saturated heterocycles. The van der Waals surface area contributed by atoms with Gasteiger partial charge in [0.15, 0.2) is 24.8 Å². The number of ether oxygens (including phenoxy) is 3. The van der Waals surface area contributed by atoms with Crippen molar-refractivity contribution in [1.29, 1.82) is 0 Å². The van der Waals surface area contributed by atoms with Crippen molar-refractivity contribution in [3.05, 3.63) is 66.5 Å². The number of anilines is 1. The second-order valence-corrected chi connectivity index (χ2v) is 6.57. The Morgan fingerprint density at radius 3 is 2.52 bits per heavy atom. The molecule has 4 rings (SSSR count). The number of benzene rings is 3. The van der Waals surface area contributed by atoms with Crippen LogP contribution >= 0.6 is 0 Å². The van der Waals surface area contributed by atoms with Gasteiger partial charge in [-0.05, 0) is 24.3 Å². The Morgan fingerprint density at radius 1 is 0.935 bits per heavy atom. The minimum absolute atomic E-state index is 0.0761. The number of carbonyl (C=O) groups is 2. The molecule has 0 bridgehead atoms. The number of hydrogen-bond donors (Lipinski definition) is 1. The number of furan rings is 1. The molecule has 1 N–H and O–H groups in total. The number of methoxy groups -OCH3 is 1. The van der Waals surface area contributed by atoms with Crippen molar-refractivity contribution in [3.8, 4) is 11.5 Å². The first-order chi connectivity index (χ1) is 15.0. The largest absolute Gasteiger partial charge is 0.495 e. The van der Waals surface area contributed by atoms with E-state index in [1.165, 1.54) is 25.3 Å². The van der Waals surface area contributed by atoms with Crippen LogP contribution in [-0.4, -0.2) is 32.2 Å². The lowest BCUT2D eigenvalue weighted by Crippen LogP contribution is -2.24. The van der Waals surface area contributed by atoms with E-state index in [2.05, 4.69) is 5.32 Å². The zero-order chi connectivity index (χ0) is 21.8. The van der Waals surface area contributed by atoms with Crippen molar-refractivity contribution < 1.29 is 32.6 Å². The molecule has 0 aliphatic heterocycles. The van der Waals surface area contributed by atoms with Crippen LogP contribution in [0.1, 0.15) is 0 Å². The third-order valence-electron chi connectivity index (χ3n) is 4.52. The van der Waals surface area contributed by atoms with Crippen molar-refractivity contribution in [2.45, 2.75) is 0 Å². The fourth-order valence-electron chi connectivity index (χ4n) is 3.09. The number of fused-ring (bicyclic) bond motifs is 3. The molecular formula is C23H18FNO6. The Hall–Kier alpha value is -4.07. The quantitative estimate of drug-likeness (QED) is 0.446. The highest BCUT2D eigenvalue weighted by atomic mass is 19.1. The molecule has 0 unspecified atom stereocenters. The van der Waals surface area contributed by atoms with Gasteiger partial charge in [-0.25, -0.2) is 9.18 Å². The molecule has 0 atom stereocenters. The first kappa shape index (κ1) is 20.2. The second kappa shape index (κ2) is 8.74. The van der Waals surface area contributed by atoms with Crippen molar-refractivity contribution in [2.24, 2.45) is 0 Å². The summed E-state index contributed by atoms with van der Waals surface area (Å²) < 4.78 is 34.6. The highest BCUT2D eigenvalue weighted by molar-refractivity contribution is 6.07. The van der Waals surface area contributed by atoms with Crippen LogP contribution in [0.2, 0.25) is 0 Å². The number of para-hydroxylation sites is 2. The molecule has 3 aromatic carbocycles. The normalized spacial score (nSPS) is 10.8. The minimum atomic E-state index is -0.807. The van der Waals surface area contributed by atoms with E-state index in [1.807, 2.05) is 24.3 Å². The maximum atomic E-state index is 13.5. The number of esters is 1. The maximum absolute atomic E-state index is 13.5. The van der Waals surface area contributed by atoms with Crippen LogP contribution in [0.5, 0.6) is 11.5 Å². The summed E-state index contributed by atoms with van der Waals surface area (Å²) in [7, 11) is 1.49. The van der Waals surface area contributed by atoms with E-state index in [-0.39, 0.29) is 5.75 Å². The number of hydrogen-bond acceptors (Lipinski definition) is 6. The molecule has 0 saturated carbocycles. The van der Waals surface area contributed by atoms with E-state index in [0.717, 1.165) is 10.8 Å². The third kappa shape index (κ3) is 4.42. The van der Waals surface area contributed by atoms with Gasteiger partial charge in [0.05, 0.1) is 12.8 Å². The Kier molecular flexibility index (Phi) is 5.70. The first-order valence-corrected chi connectivity index (χ1v) is 9.37. The smallest absolute Gasteiger partial charge is 0.344 e. The zero-order valence-corrected chi connectivity index (χ0v) is 16.5. The molecule has 31 heavy (non-hydrogen) atoms. The fraction of sp³-hybridized carbons (Fsp3) is 0.130. The molecule has 4 aromatic rings. The van der Waals surface area contributed by atoms with Gasteiger partial charge in [-0.15, -0.1) is 0 Å². The summed E-state index contributed by atoms with van der Waals surface area (Å²) in [6, 6.07) is 16.6. The van der Waals surface area contributed by atoms with Gasteiger partial charge in [0.25, 0.3) is 5.91 Å². The van der Waals surface area contributed by atoms with E-state index < -0.39 is 30.9 Å². The van der Waals surface area contributed by atoms with Crippen LogP contribution < -0.4 is 14.8 Å². The number of carbonyl (C=O) groups excluding carboxylic acids is 2. The molecule has 8 heteroatoms. The molecule has 0 spiro atoms. The van der Waals surface area contributed by atoms with Gasteiger partial charge >= 0.3 is 5.97 Å². The molecular weight excluding hydrogens is 405 g/mol. The molecule has 158 valence electrons. The van der Waals surface area contributed by atoms with Gasteiger partial charge < -0.3 is 23.9 Å². The lowest BCUT2D eigenvalue weighted by atomic mass is 10.1. The Labute approximate surface area is 176 Å². The summed E-state index contributed by atoms with van der Waals surface area (Å²) >= 11 is 0. The monoisotopic (exact) mass is 423 g/mol. The van der Waals surface area contributed by atoms with Crippen molar-refractivity contribution in [1.82, 2.24) is 0 Å². The number of halogens is 1. The molecule has 0 fully saturated rings. The summed E-state index contributed by atoms with van der Waals surface area (Å²) in [5.41, 5.74) is 1.66. The molecule has 0 radical (unpaired) electrons. The molecule has 1 amide bonds. The summed E-state index contributed by atoms with van der Waals surface area (Å²) in [6.45, 7) is -1.07. The Bertz CT molecular complexity index is 1270. The van der Waals surface area contributed by atoms with Crippen LogP contribution in [0.15, 0.2) is 65.1 Å². The summed E-state index contributed by atoms with van der Waals surface area (Å²) in [6.07, 6.45) is 0. The summed E-state index contributed by atoms with van der Waals surface area (Å²) in [5.74, 6) is -1.62. The van der Waals surface area contributed by atoms with Crippen LogP contribution in [0, 0.1) is 5.82 Å². The summed E-state index contributed by atoms with van der Waals surface area (Å²) in [4.78, 5) is 24.0. The Morgan fingerprint density at radius 2 is 1.71 bits per heavy atom. The average Bonchev–Trinajstić information content (AvgIpc) is 3.14.